The molecule has 5 nitrogen and oxygen atoms in total. The van der Waals surface area contributed by atoms with Crippen molar-refractivity contribution < 1.29 is 9.47 Å². The quantitative estimate of drug-likeness (QED) is 0.825. The maximum absolute atomic E-state index is 6.04. The summed E-state index contributed by atoms with van der Waals surface area (Å²) in [6, 6.07) is 0.323. The monoisotopic (exact) mass is 271 g/mol. The van der Waals surface area contributed by atoms with E-state index in [1.165, 1.54) is 20.0 Å². The Morgan fingerprint density at radius 1 is 1.44 bits per heavy atom. The van der Waals surface area contributed by atoms with Crippen molar-refractivity contribution in [3.63, 3.8) is 0 Å². The highest BCUT2D eigenvalue weighted by atomic mass is 35.5. The molecular formula is C12H18ClN3O2. The number of nitrogens with one attached hydrogen (secondary N) is 1. The van der Waals surface area contributed by atoms with E-state index in [-0.39, 0.29) is 0 Å². The molecule has 0 aromatic carbocycles. The molecule has 1 saturated carbocycles. The lowest BCUT2D eigenvalue weighted by molar-refractivity contribution is 0.175. The van der Waals surface area contributed by atoms with Gasteiger partial charge in [0.05, 0.1) is 13.3 Å². The first-order chi connectivity index (χ1) is 8.69. The molecule has 1 aliphatic carbocycles. The third kappa shape index (κ3) is 3.23. The van der Waals surface area contributed by atoms with Crippen LogP contribution in [0.4, 0.5) is 5.82 Å². The van der Waals surface area contributed by atoms with Gasteiger partial charge in [0.25, 0.3) is 0 Å². The molecule has 1 heterocycles. The second-order valence-corrected chi connectivity index (χ2v) is 5.06. The molecule has 0 amide bonds. The van der Waals surface area contributed by atoms with Crippen molar-refractivity contribution >= 4 is 17.4 Å². The molecule has 1 aromatic rings. The molecular weight excluding hydrogens is 254 g/mol. The summed E-state index contributed by atoms with van der Waals surface area (Å²) in [6.45, 7) is 1.65. The van der Waals surface area contributed by atoms with Gasteiger partial charge < -0.3 is 14.8 Å². The molecule has 0 atom stereocenters. The van der Waals surface area contributed by atoms with Gasteiger partial charge >= 0.3 is 6.01 Å². The van der Waals surface area contributed by atoms with Gasteiger partial charge in [-0.15, -0.1) is 0 Å². The highest BCUT2D eigenvalue weighted by Crippen LogP contribution is 2.48. The van der Waals surface area contributed by atoms with E-state index < -0.39 is 0 Å². The van der Waals surface area contributed by atoms with Gasteiger partial charge in [0, 0.05) is 20.3 Å². The van der Waals surface area contributed by atoms with E-state index in [4.69, 9.17) is 21.1 Å². The predicted octanol–water partition coefficient (Wildman–Crippen LogP) is 2.37. The van der Waals surface area contributed by atoms with Gasteiger partial charge in [-0.05, 0) is 24.7 Å². The molecule has 1 N–H and O–H groups in total. The van der Waals surface area contributed by atoms with E-state index in [0.717, 1.165) is 19.6 Å². The third-order valence-corrected chi connectivity index (χ3v) is 3.61. The normalized spacial score (nSPS) is 16.4. The molecule has 1 fully saturated rings. The van der Waals surface area contributed by atoms with Crippen LogP contribution >= 0.6 is 11.6 Å². The van der Waals surface area contributed by atoms with Crippen LogP contribution in [0.15, 0.2) is 6.20 Å². The second-order valence-electron chi connectivity index (χ2n) is 4.65. The summed E-state index contributed by atoms with van der Waals surface area (Å²) < 4.78 is 10.1. The number of nitrogens with zero attached hydrogens (tertiary/aromatic N) is 2. The summed E-state index contributed by atoms with van der Waals surface area (Å²) >= 11 is 6.04. The Morgan fingerprint density at radius 2 is 2.22 bits per heavy atom. The SMILES string of the molecule is COCCC1(CNc2nc(OC)ncc2Cl)CC1. The van der Waals surface area contributed by atoms with E-state index in [0.29, 0.717) is 22.3 Å². The molecule has 0 unspecified atom stereocenters. The second kappa shape index (κ2) is 5.71. The molecule has 0 bridgehead atoms. The van der Waals surface area contributed by atoms with E-state index in [1.54, 1.807) is 13.3 Å². The number of anilines is 1. The molecule has 6 heteroatoms. The third-order valence-electron chi connectivity index (χ3n) is 3.33. The van der Waals surface area contributed by atoms with Crippen LogP contribution in [0.2, 0.25) is 5.02 Å². The average Bonchev–Trinajstić information content (AvgIpc) is 3.16. The van der Waals surface area contributed by atoms with Gasteiger partial charge in [0.2, 0.25) is 0 Å². The Kier molecular flexibility index (Phi) is 4.24. The Labute approximate surface area is 112 Å². The molecule has 2 rings (SSSR count). The highest BCUT2D eigenvalue weighted by Gasteiger charge is 2.41. The van der Waals surface area contributed by atoms with Crippen molar-refractivity contribution in [3.05, 3.63) is 11.2 Å². The summed E-state index contributed by atoms with van der Waals surface area (Å²) in [7, 11) is 3.27. The van der Waals surface area contributed by atoms with Crippen molar-refractivity contribution in [2.45, 2.75) is 19.3 Å². The van der Waals surface area contributed by atoms with Crippen LogP contribution in [0.3, 0.4) is 0 Å². The zero-order valence-electron chi connectivity index (χ0n) is 10.7. The number of ether oxygens (including phenoxy) is 2. The summed E-state index contributed by atoms with van der Waals surface area (Å²) in [6.07, 6.45) is 5.06. The lowest BCUT2D eigenvalue weighted by Gasteiger charge is -2.16. The maximum atomic E-state index is 6.04. The molecule has 100 valence electrons. The molecule has 1 aromatic heterocycles. The number of methoxy groups -OCH3 is 2. The van der Waals surface area contributed by atoms with Crippen LogP contribution in [-0.2, 0) is 4.74 Å². The predicted molar refractivity (Wildman–Crippen MR) is 70.2 cm³/mol. The van der Waals surface area contributed by atoms with E-state index in [9.17, 15) is 0 Å². The first kappa shape index (κ1) is 13.4. The van der Waals surface area contributed by atoms with E-state index in [1.807, 2.05) is 0 Å². The average molecular weight is 272 g/mol. The van der Waals surface area contributed by atoms with Gasteiger partial charge in [-0.25, -0.2) is 4.98 Å². The van der Waals surface area contributed by atoms with Crippen LogP contribution in [-0.4, -0.2) is 37.3 Å². The molecule has 1 aliphatic rings. The Bertz CT molecular complexity index is 410. The van der Waals surface area contributed by atoms with E-state index in [2.05, 4.69) is 15.3 Å². The van der Waals surface area contributed by atoms with Gasteiger partial charge in [-0.3, -0.25) is 0 Å². The smallest absolute Gasteiger partial charge is 0.318 e. The van der Waals surface area contributed by atoms with Crippen LogP contribution in [0, 0.1) is 5.41 Å². The van der Waals surface area contributed by atoms with Gasteiger partial charge in [0.1, 0.15) is 5.02 Å². The minimum absolute atomic E-state index is 0.323. The summed E-state index contributed by atoms with van der Waals surface area (Å²) in [5.74, 6) is 0.632. The first-order valence-corrected chi connectivity index (χ1v) is 6.36. The highest BCUT2D eigenvalue weighted by molar-refractivity contribution is 6.32. The summed E-state index contributed by atoms with van der Waals surface area (Å²) in [5.41, 5.74) is 0.345. The van der Waals surface area contributed by atoms with Crippen LogP contribution < -0.4 is 10.1 Å². The molecule has 0 radical (unpaired) electrons. The molecule has 0 aliphatic heterocycles. The van der Waals surface area contributed by atoms with Crippen LogP contribution in [0.1, 0.15) is 19.3 Å². The van der Waals surface area contributed by atoms with Crippen molar-refractivity contribution in [3.8, 4) is 6.01 Å². The zero-order valence-corrected chi connectivity index (χ0v) is 11.5. The van der Waals surface area contributed by atoms with Crippen LogP contribution in [0.25, 0.3) is 0 Å². The lowest BCUT2D eigenvalue weighted by atomic mass is 10.0. The summed E-state index contributed by atoms with van der Waals surface area (Å²) in [5, 5.41) is 3.79. The fraction of sp³-hybridized carbons (Fsp3) is 0.667. The number of rotatable bonds is 7. The lowest BCUT2D eigenvalue weighted by Crippen LogP contribution is -2.18. The number of aromatic nitrogens is 2. The minimum Gasteiger partial charge on any atom is -0.467 e. The Morgan fingerprint density at radius 3 is 2.83 bits per heavy atom. The fourth-order valence-electron chi connectivity index (χ4n) is 1.85. The van der Waals surface area contributed by atoms with Gasteiger partial charge in [-0.1, -0.05) is 11.6 Å². The van der Waals surface area contributed by atoms with Gasteiger partial charge in [-0.2, -0.15) is 4.98 Å². The largest absolute Gasteiger partial charge is 0.467 e. The first-order valence-electron chi connectivity index (χ1n) is 5.98. The number of hydrogen-bond acceptors (Lipinski definition) is 5. The Balaban J connectivity index is 1.93. The summed E-state index contributed by atoms with van der Waals surface area (Å²) in [4.78, 5) is 8.14. The molecule has 18 heavy (non-hydrogen) atoms. The minimum atomic E-state index is 0.323. The van der Waals surface area contributed by atoms with Gasteiger partial charge in [0.15, 0.2) is 5.82 Å². The standard InChI is InChI=1S/C12H18ClN3O2/c1-17-6-5-12(3-4-12)8-15-10-9(13)7-14-11(16-10)18-2/h7H,3-6,8H2,1-2H3,(H,14,15,16). The van der Waals surface area contributed by atoms with Crippen molar-refractivity contribution in [2.24, 2.45) is 5.41 Å². The number of halogens is 1. The Hall–Kier alpha value is -1.07. The van der Waals surface area contributed by atoms with E-state index >= 15 is 0 Å². The zero-order chi connectivity index (χ0) is 13.0. The van der Waals surface area contributed by atoms with Crippen molar-refractivity contribution in [1.29, 1.82) is 0 Å². The topological polar surface area (TPSA) is 56.3 Å². The fourth-order valence-corrected chi connectivity index (χ4v) is 2.01. The van der Waals surface area contributed by atoms with Crippen molar-refractivity contribution in [2.75, 3.05) is 32.7 Å². The molecule has 0 saturated heterocycles. The van der Waals surface area contributed by atoms with Crippen LogP contribution in [0.5, 0.6) is 6.01 Å². The van der Waals surface area contributed by atoms with Crippen molar-refractivity contribution in [1.82, 2.24) is 9.97 Å². The number of hydrogen-bond donors (Lipinski definition) is 1. The molecule has 0 spiro atoms. The maximum Gasteiger partial charge on any atom is 0.318 e.